The van der Waals surface area contributed by atoms with Crippen molar-refractivity contribution in [1.29, 1.82) is 0 Å². The molecule has 0 unspecified atom stereocenters. The van der Waals surface area contributed by atoms with Crippen LogP contribution in [0, 0.1) is 5.92 Å². The molecule has 2 atom stereocenters. The predicted octanol–water partition coefficient (Wildman–Crippen LogP) is 1.39. The first kappa shape index (κ1) is 11.5. The van der Waals surface area contributed by atoms with Crippen LogP contribution in [-0.2, 0) is 0 Å². The van der Waals surface area contributed by atoms with Crippen LogP contribution in [0.15, 0.2) is 18.6 Å². The molecule has 0 saturated carbocycles. The van der Waals surface area contributed by atoms with Crippen molar-refractivity contribution < 1.29 is 0 Å². The first-order valence-corrected chi connectivity index (χ1v) is 6.49. The average Bonchev–Trinajstić information content (AvgIpc) is 2.86. The quantitative estimate of drug-likeness (QED) is 0.839. The van der Waals surface area contributed by atoms with Crippen molar-refractivity contribution >= 4 is 16.9 Å². The maximum atomic E-state index is 4.26. The molecule has 1 saturated heterocycles. The van der Waals surface area contributed by atoms with Crippen LogP contribution in [0.3, 0.4) is 0 Å². The fourth-order valence-corrected chi connectivity index (χ4v) is 2.80. The van der Waals surface area contributed by atoms with E-state index >= 15 is 0 Å². The zero-order valence-electron chi connectivity index (χ0n) is 10.8. The number of nitrogens with one attached hydrogen (secondary N) is 2. The van der Waals surface area contributed by atoms with Gasteiger partial charge in [0.25, 0.3) is 0 Å². The Bertz CT molecular complexity index is 535. The minimum Gasteiger partial charge on any atom is -0.368 e. The highest BCUT2D eigenvalue weighted by Crippen LogP contribution is 2.27. The lowest BCUT2D eigenvalue weighted by molar-refractivity contribution is 0.339. The molecule has 0 radical (unpaired) electrons. The van der Waals surface area contributed by atoms with Crippen LogP contribution in [-0.4, -0.2) is 41.1 Å². The number of H-pyrrole nitrogens is 1. The number of hydrogen-bond acceptors (Lipinski definition) is 4. The van der Waals surface area contributed by atoms with E-state index in [-0.39, 0.29) is 0 Å². The van der Waals surface area contributed by atoms with E-state index in [1.807, 2.05) is 6.20 Å². The number of piperidine rings is 1. The molecular formula is C13H19N5. The van der Waals surface area contributed by atoms with Crippen molar-refractivity contribution in [2.45, 2.75) is 19.4 Å². The summed E-state index contributed by atoms with van der Waals surface area (Å²) in [5, 5.41) is 3.47. The van der Waals surface area contributed by atoms with Gasteiger partial charge >= 0.3 is 0 Å². The van der Waals surface area contributed by atoms with Gasteiger partial charge < -0.3 is 15.2 Å². The van der Waals surface area contributed by atoms with Gasteiger partial charge in [-0.25, -0.2) is 9.97 Å². The summed E-state index contributed by atoms with van der Waals surface area (Å²) < 4.78 is 0. The Labute approximate surface area is 107 Å². The van der Waals surface area contributed by atoms with Crippen molar-refractivity contribution in [3.05, 3.63) is 18.6 Å². The minimum atomic E-state index is 0.521. The second-order valence-electron chi connectivity index (χ2n) is 5.08. The third-order valence-corrected chi connectivity index (χ3v) is 3.97. The van der Waals surface area contributed by atoms with E-state index in [0.29, 0.717) is 12.0 Å². The molecule has 2 N–H and O–H groups in total. The number of nitrogens with zero attached hydrogens (tertiary/aromatic N) is 3. The summed E-state index contributed by atoms with van der Waals surface area (Å²) in [5.41, 5.74) is 2.99. The third-order valence-electron chi connectivity index (χ3n) is 3.97. The second kappa shape index (κ2) is 4.57. The lowest BCUT2D eigenvalue weighted by Crippen LogP contribution is -2.49. The van der Waals surface area contributed by atoms with Crippen LogP contribution in [0.4, 0.5) is 5.69 Å². The summed E-state index contributed by atoms with van der Waals surface area (Å²) in [5.74, 6) is 0.697. The van der Waals surface area contributed by atoms with Crippen LogP contribution >= 0.6 is 0 Å². The van der Waals surface area contributed by atoms with Gasteiger partial charge in [-0.15, -0.1) is 0 Å². The lowest BCUT2D eigenvalue weighted by Gasteiger charge is -2.38. The van der Waals surface area contributed by atoms with E-state index in [0.717, 1.165) is 24.3 Å². The summed E-state index contributed by atoms with van der Waals surface area (Å²) in [6.45, 7) is 4.49. The highest BCUT2D eigenvalue weighted by molar-refractivity contribution is 5.85. The molecule has 1 aliphatic heterocycles. The smallest absolute Gasteiger partial charge is 0.179 e. The third kappa shape index (κ3) is 1.84. The molecular weight excluding hydrogens is 226 g/mol. The van der Waals surface area contributed by atoms with Crippen LogP contribution in [0.1, 0.15) is 13.3 Å². The number of likely N-dealkylation sites (N-methyl/N-ethyl adjacent to an activating group) is 1. The lowest BCUT2D eigenvalue weighted by atomic mass is 9.93. The van der Waals surface area contributed by atoms with Gasteiger partial charge in [-0.1, -0.05) is 6.92 Å². The van der Waals surface area contributed by atoms with Crippen LogP contribution in [0.25, 0.3) is 11.2 Å². The van der Waals surface area contributed by atoms with Gasteiger partial charge in [0.05, 0.1) is 12.0 Å². The maximum Gasteiger partial charge on any atom is 0.179 e. The number of rotatable bonds is 2. The number of hydrogen-bond donors (Lipinski definition) is 2. The molecule has 2 aromatic heterocycles. The second-order valence-corrected chi connectivity index (χ2v) is 5.08. The molecule has 3 heterocycles. The number of imidazole rings is 1. The van der Waals surface area contributed by atoms with Crippen LogP contribution < -0.4 is 10.2 Å². The van der Waals surface area contributed by atoms with Crippen LogP contribution in [0.2, 0.25) is 0 Å². The standard InChI is InChI=1S/C13H19N5/c1-9-3-5-14-7-11(9)18(2)10-4-6-15-13-12(10)16-8-17-13/h4,6,8-9,11,14H,3,5,7H2,1-2H3,(H,15,16,17)/t9-,11+/m1/s1. The highest BCUT2D eigenvalue weighted by Gasteiger charge is 2.26. The first-order valence-electron chi connectivity index (χ1n) is 6.49. The average molecular weight is 245 g/mol. The fraction of sp³-hybridized carbons (Fsp3) is 0.538. The number of fused-ring (bicyclic) bond motifs is 1. The number of aromatic amines is 1. The van der Waals surface area contributed by atoms with Crippen molar-refractivity contribution in [2.75, 3.05) is 25.0 Å². The molecule has 5 nitrogen and oxygen atoms in total. The van der Waals surface area contributed by atoms with E-state index in [4.69, 9.17) is 0 Å². The Kier molecular flexibility index (Phi) is 2.91. The van der Waals surface area contributed by atoms with Crippen molar-refractivity contribution in [3.63, 3.8) is 0 Å². The van der Waals surface area contributed by atoms with E-state index in [1.54, 1.807) is 6.33 Å². The molecule has 5 heteroatoms. The Morgan fingerprint density at radius 2 is 2.28 bits per heavy atom. The van der Waals surface area contributed by atoms with Gasteiger partial charge in [0.15, 0.2) is 5.65 Å². The normalized spacial score (nSPS) is 24.3. The van der Waals surface area contributed by atoms with Gasteiger partial charge in [-0.05, 0) is 24.9 Å². The van der Waals surface area contributed by atoms with Gasteiger partial charge in [-0.2, -0.15) is 0 Å². The molecule has 0 aliphatic carbocycles. The highest BCUT2D eigenvalue weighted by atomic mass is 15.2. The van der Waals surface area contributed by atoms with Gasteiger partial charge in [0.1, 0.15) is 5.52 Å². The number of anilines is 1. The largest absolute Gasteiger partial charge is 0.368 e. The van der Waals surface area contributed by atoms with E-state index < -0.39 is 0 Å². The number of pyridine rings is 1. The Hall–Kier alpha value is -1.62. The molecule has 2 aromatic rings. The van der Waals surface area contributed by atoms with Crippen molar-refractivity contribution in [2.24, 2.45) is 5.92 Å². The van der Waals surface area contributed by atoms with E-state index in [1.165, 1.54) is 12.1 Å². The minimum absolute atomic E-state index is 0.521. The summed E-state index contributed by atoms with van der Waals surface area (Å²) in [6.07, 6.45) is 4.76. The molecule has 3 rings (SSSR count). The Morgan fingerprint density at radius 3 is 3.11 bits per heavy atom. The van der Waals surface area contributed by atoms with Crippen LogP contribution in [0.5, 0.6) is 0 Å². The summed E-state index contributed by atoms with van der Waals surface area (Å²) in [4.78, 5) is 14.0. The van der Waals surface area contributed by atoms with E-state index in [9.17, 15) is 0 Å². The zero-order valence-corrected chi connectivity index (χ0v) is 10.8. The molecule has 1 aliphatic rings. The fourth-order valence-electron chi connectivity index (χ4n) is 2.80. The van der Waals surface area contributed by atoms with Gasteiger partial charge in [-0.3, -0.25) is 0 Å². The van der Waals surface area contributed by atoms with Crippen molar-refractivity contribution in [3.8, 4) is 0 Å². The van der Waals surface area contributed by atoms with E-state index in [2.05, 4.69) is 45.2 Å². The topological polar surface area (TPSA) is 56.8 Å². The van der Waals surface area contributed by atoms with Gasteiger partial charge in [0.2, 0.25) is 0 Å². The zero-order chi connectivity index (χ0) is 12.5. The summed E-state index contributed by atoms with van der Waals surface area (Å²) in [6, 6.07) is 2.58. The van der Waals surface area contributed by atoms with Gasteiger partial charge in [0, 0.05) is 25.8 Å². The maximum absolute atomic E-state index is 4.26. The molecule has 96 valence electrons. The summed E-state index contributed by atoms with van der Waals surface area (Å²) >= 11 is 0. The molecule has 0 bridgehead atoms. The molecule has 0 amide bonds. The Morgan fingerprint density at radius 1 is 1.39 bits per heavy atom. The summed E-state index contributed by atoms with van der Waals surface area (Å²) in [7, 11) is 2.16. The predicted molar refractivity (Wildman–Crippen MR) is 72.7 cm³/mol. The van der Waals surface area contributed by atoms with Crippen molar-refractivity contribution in [1.82, 2.24) is 20.3 Å². The molecule has 0 aromatic carbocycles. The monoisotopic (exact) mass is 245 g/mol. The SMILES string of the molecule is C[C@@H]1CCNC[C@@H]1N(C)c1ccnc2nc[nH]c12. The first-order chi connectivity index (χ1) is 8.77. The molecule has 18 heavy (non-hydrogen) atoms. The number of aromatic nitrogens is 3. The molecule has 0 spiro atoms. The molecule has 1 fully saturated rings. The Balaban J connectivity index is 1.95.